The summed E-state index contributed by atoms with van der Waals surface area (Å²) in [4.78, 5) is 11.1. The molecule has 0 bridgehead atoms. The van der Waals surface area contributed by atoms with Crippen LogP contribution in [0.15, 0.2) is 152 Å². The summed E-state index contributed by atoms with van der Waals surface area (Å²) < 4.78 is 8.51. The molecule has 7 rings (SSSR count). The highest BCUT2D eigenvalue weighted by atomic mass is 16.7. The first-order valence-electron chi connectivity index (χ1n) is 20.3. The third kappa shape index (κ3) is 12.0. The molecule has 0 N–H and O–H groups in total. The number of nitrogens with zero attached hydrogens (tertiary/aromatic N) is 2. The van der Waals surface area contributed by atoms with Crippen molar-refractivity contribution in [3.8, 4) is 0 Å². The minimum atomic E-state index is -2.23. The van der Waals surface area contributed by atoms with Crippen LogP contribution in [0.3, 0.4) is 0 Å². The zero-order valence-electron chi connectivity index (χ0n) is 33.1. The molecule has 0 atom stereocenters. The molecule has 2 aliphatic carbocycles. The van der Waals surface area contributed by atoms with Gasteiger partial charge in [0.15, 0.2) is 13.2 Å². The summed E-state index contributed by atoms with van der Waals surface area (Å²) in [5, 5.41) is 21.4. The highest BCUT2D eigenvalue weighted by molar-refractivity contribution is 6.28. The Morgan fingerprint density at radius 3 is 1.32 bits per heavy atom. The number of pyridine rings is 2. The van der Waals surface area contributed by atoms with Crippen molar-refractivity contribution in [2.75, 3.05) is 19.8 Å². The van der Waals surface area contributed by atoms with Crippen LogP contribution in [0, 0.1) is 0 Å². The predicted octanol–water partition coefficient (Wildman–Crippen LogP) is 7.28. The Kier molecular flexibility index (Phi) is 17.4. The molecule has 5 aromatic rings. The van der Waals surface area contributed by atoms with Crippen LogP contribution in [0.1, 0.15) is 106 Å². The van der Waals surface area contributed by atoms with Gasteiger partial charge < -0.3 is 14.7 Å². The van der Waals surface area contributed by atoms with Gasteiger partial charge >= 0.3 is 0 Å². The van der Waals surface area contributed by atoms with E-state index in [-0.39, 0.29) is 12.0 Å². The van der Waals surface area contributed by atoms with E-state index < -0.39 is 7.32 Å². The summed E-state index contributed by atoms with van der Waals surface area (Å²) in [6.45, 7) is 5.59. The molecule has 0 unspecified atom stereocenters. The van der Waals surface area contributed by atoms with Crippen LogP contribution in [-0.2, 0) is 10.1 Å². The van der Waals surface area contributed by atoms with Crippen LogP contribution in [-0.4, -0.2) is 27.1 Å². The number of allylic oxidation sites excluding steroid dienone is 4. The SMILES string of the molecule is CCO[n+]1ccccc1C1=CCCCC1.CCO[n+]1ccccc1C1=CCCCC1.[O-]B([O-])OCCCC(c1ccccc1)(c1ccccc1)c1ccccc1. The van der Waals surface area contributed by atoms with Crippen molar-refractivity contribution in [1.82, 2.24) is 0 Å². The third-order valence-corrected chi connectivity index (χ3v) is 10.2. The Hall–Kier alpha value is -5.02. The normalized spacial score (nSPS) is 13.8. The minimum Gasteiger partial charge on any atom is -0.871 e. The van der Waals surface area contributed by atoms with Gasteiger partial charge in [0.25, 0.3) is 11.4 Å². The molecular formula is C48H57BN2O5. The fourth-order valence-corrected chi connectivity index (χ4v) is 7.62. The van der Waals surface area contributed by atoms with E-state index >= 15 is 0 Å². The second-order valence-electron chi connectivity index (χ2n) is 13.9. The van der Waals surface area contributed by atoms with Crippen molar-refractivity contribution in [3.05, 3.63) is 180 Å². The summed E-state index contributed by atoms with van der Waals surface area (Å²) >= 11 is 0. The lowest BCUT2D eigenvalue weighted by molar-refractivity contribution is -0.892. The van der Waals surface area contributed by atoms with E-state index in [1.807, 2.05) is 102 Å². The summed E-state index contributed by atoms with van der Waals surface area (Å²) in [6.07, 6.45) is 20.0. The van der Waals surface area contributed by atoms with Crippen LogP contribution >= 0.6 is 0 Å². The average Bonchev–Trinajstić information content (AvgIpc) is 3.26. The van der Waals surface area contributed by atoms with Crippen LogP contribution < -0.4 is 29.2 Å². The van der Waals surface area contributed by atoms with Crippen LogP contribution in [0.5, 0.6) is 0 Å². The van der Waals surface area contributed by atoms with Gasteiger partial charge in [0.05, 0.1) is 7.32 Å². The molecule has 8 heteroatoms. The van der Waals surface area contributed by atoms with Crippen LogP contribution in [0.25, 0.3) is 11.1 Å². The highest BCUT2D eigenvalue weighted by Crippen LogP contribution is 2.43. The van der Waals surface area contributed by atoms with Gasteiger partial charge in [-0.2, -0.15) is 0 Å². The molecule has 0 amide bonds. The van der Waals surface area contributed by atoms with Crippen molar-refractivity contribution < 1.29 is 33.8 Å². The predicted molar refractivity (Wildman–Crippen MR) is 221 cm³/mol. The largest absolute Gasteiger partial charge is 0.871 e. The van der Waals surface area contributed by atoms with E-state index in [1.165, 1.54) is 90.6 Å². The molecule has 2 aromatic heterocycles. The molecule has 0 fully saturated rings. The second-order valence-corrected chi connectivity index (χ2v) is 13.9. The molecule has 3 aromatic carbocycles. The highest BCUT2D eigenvalue weighted by Gasteiger charge is 2.35. The van der Waals surface area contributed by atoms with E-state index in [9.17, 15) is 10.0 Å². The van der Waals surface area contributed by atoms with Gasteiger partial charge in [-0.15, -0.1) is 0 Å². The quantitative estimate of drug-likeness (QED) is 0.0516. The molecule has 0 saturated heterocycles. The number of hydrogen-bond acceptors (Lipinski definition) is 5. The summed E-state index contributed by atoms with van der Waals surface area (Å²) in [6, 6.07) is 43.4. The standard InChI is InChI=1S/C22H21BO3.2C13H18NO/c24-23(25)26-18-10-17-22(19-11-4-1-5-12-19,20-13-6-2-7-14-20)21-15-8-3-9-16-21;2*1-2-15-14-11-7-6-10-13(14)12-8-4-3-5-9-12/h1-9,11-16H,10,17-18H2;2*6-8,10-11H,2-5,9H2,1H3/q-2;2*+1. The third-order valence-electron chi connectivity index (χ3n) is 10.2. The van der Waals surface area contributed by atoms with E-state index in [2.05, 4.69) is 72.8 Å². The lowest BCUT2D eigenvalue weighted by Crippen LogP contribution is -2.48. The lowest BCUT2D eigenvalue weighted by atomic mass is 9.67. The first-order chi connectivity index (χ1) is 27.6. The number of aromatic nitrogens is 2. The fraction of sp³-hybridized carbons (Fsp3) is 0.333. The number of rotatable bonds is 14. The Balaban J connectivity index is 0.000000171. The Morgan fingerprint density at radius 2 is 0.964 bits per heavy atom. The maximum absolute atomic E-state index is 10.7. The van der Waals surface area contributed by atoms with Crippen molar-refractivity contribution in [3.63, 3.8) is 0 Å². The Morgan fingerprint density at radius 1 is 0.554 bits per heavy atom. The van der Waals surface area contributed by atoms with Gasteiger partial charge in [0, 0.05) is 56.9 Å². The van der Waals surface area contributed by atoms with Crippen molar-refractivity contribution in [2.24, 2.45) is 0 Å². The van der Waals surface area contributed by atoms with Crippen molar-refractivity contribution >= 4 is 18.5 Å². The van der Waals surface area contributed by atoms with E-state index in [4.69, 9.17) is 14.3 Å². The molecule has 2 heterocycles. The Labute approximate surface area is 334 Å². The van der Waals surface area contributed by atoms with E-state index in [0.717, 1.165) is 6.42 Å². The fourth-order valence-electron chi connectivity index (χ4n) is 7.62. The van der Waals surface area contributed by atoms with Gasteiger partial charge in [0.2, 0.25) is 12.4 Å². The van der Waals surface area contributed by atoms with Crippen molar-refractivity contribution in [2.45, 2.75) is 83.5 Å². The molecule has 0 spiro atoms. The van der Waals surface area contributed by atoms with Crippen LogP contribution in [0.4, 0.5) is 0 Å². The van der Waals surface area contributed by atoms with Crippen LogP contribution in [0.2, 0.25) is 0 Å². The molecule has 292 valence electrons. The molecule has 0 radical (unpaired) electrons. The maximum Gasteiger partial charge on any atom is 0.260 e. The first kappa shape index (κ1) is 42.1. The van der Waals surface area contributed by atoms with Gasteiger partial charge in [-0.25, -0.2) is 0 Å². The number of hydrogen-bond donors (Lipinski definition) is 0. The summed E-state index contributed by atoms with van der Waals surface area (Å²) in [5.41, 5.74) is 8.44. The molecule has 0 saturated carbocycles. The summed E-state index contributed by atoms with van der Waals surface area (Å²) in [7, 11) is -2.23. The van der Waals surface area contributed by atoms with Gasteiger partial charge in [0.1, 0.15) is 0 Å². The van der Waals surface area contributed by atoms with E-state index in [0.29, 0.717) is 19.6 Å². The first-order valence-corrected chi connectivity index (χ1v) is 20.3. The zero-order valence-corrected chi connectivity index (χ0v) is 33.1. The van der Waals surface area contributed by atoms with Gasteiger partial charge in [-0.3, -0.25) is 9.68 Å². The average molecular weight is 753 g/mol. The molecular weight excluding hydrogens is 695 g/mol. The topological polar surface area (TPSA) is 81.6 Å². The minimum absolute atomic E-state index is 0.159. The van der Waals surface area contributed by atoms with Gasteiger partial charge in [-0.05, 0) is 107 Å². The Bertz CT molecular complexity index is 1750. The maximum atomic E-state index is 10.7. The monoisotopic (exact) mass is 752 g/mol. The summed E-state index contributed by atoms with van der Waals surface area (Å²) in [5.74, 6) is 0. The second kappa shape index (κ2) is 23.1. The van der Waals surface area contributed by atoms with Gasteiger partial charge in [-0.1, -0.05) is 103 Å². The smallest absolute Gasteiger partial charge is 0.260 e. The number of benzene rings is 3. The van der Waals surface area contributed by atoms with Crippen molar-refractivity contribution in [1.29, 1.82) is 0 Å². The molecule has 0 aliphatic heterocycles. The molecule has 2 aliphatic rings. The lowest BCUT2D eigenvalue weighted by Gasteiger charge is -2.37. The molecule has 56 heavy (non-hydrogen) atoms. The van der Waals surface area contributed by atoms with E-state index in [1.54, 1.807) is 0 Å². The zero-order chi connectivity index (χ0) is 39.3. The molecule has 7 nitrogen and oxygen atoms in total.